The summed E-state index contributed by atoms with van der Waals surface area (Å²) in [7, 11) is 4.30. The van der Waals surface area contributed by atoms with Crippen molar-refractivity contribution in [1.82, 2.24) is 64.8 Å². The lowest BCUT2D eigenvalue weighted by molar-refractivity contribution is -0.128. The van der Waals surface area contributed by atoms with E-state index in [-0.39, 0.29) is 18.4 Å². The number of piperazine rings is 1. The summed E-state index contributed by atoms with van der Waals surface area (Å²) in [6, 6.07) is 14.5. The Labute approximate surface area is 457 Å². The van der Waals surface area contributed by atoms with Gasteiger partial charge in [-0.25, -0.2) is 0 Å². The molecule has 78 heavy (non-hydrogen) atoms. The summed E-state index contributed by atoms with van der Waals surface area (Å²) in [5.41, 5.74) is 11.5. The zero-order valence-electron chi connectivity index (χ0n) is 45.8. The number of ether oxygens (including phenoxy) is 2. The van der Waals surface area contributed by atoms with Gasteiger partial charge >= 0.3 is 12.0 Å². The van der Waals surface area contributed by atoms with Crippen LogP contribution in [-0.2, 0) is 44.1 Å². The molecule has 10 heterocycles. The maximum absolute atomic E-state index is 12.5. The van der Waals surface area contributed by atoms with Crippen molar-refractivity contribution in [3.8, 4) is 24.2 Å². The van der Waals surface area contributed by atoms with Gasteiger partial charge in [0, 0.05) is 112 Å². The van der Waals surface area contributed by atoms with Gasteiger partial charge in [-0.15, -0.1) is 0 Å². The summed E-state index contributed by atoms with van der Waals surface area (Å²) in [5, 5.41) is 35.8. The Kier molecular flexibility index (Phi) is 15.8. The lowest BCUT2D eigenvalue weighted by Gasteiger charge is -2.41. The Bertz CT molecular complexity index is 3230. The third kappa shape index (κ3) is 11.2. The molecular weight excluding hydrogens is 983 g/mol. The van der Waals surface area contributed by atoms with Gasteiger partial charge in [-0.1, -0.05) is 18.7 Å². The lowest BCUT2D eigenvalue weighted by atomic mass is 9.95. The van der Waals surface area contributed by atoms with Crippen LogP contribution in [0.3, 0.4) is 0 Å². The zero-order chi connectivity index (χ0) is 53.9. The van der Waals surface area contributed by atoms with Crippen molar-refractivity contribution in [3.63, 3.8) is 0 Å². The highest BCUT2D eigenvalue weighted by Crippen LogP contribution is 2.38. The number of carbonyl (C=O) groups is 1. The summed E-state index contributed by atoms with van der Waals surface area (Å²) in [4.78, 5) is 48.2. The molecule has 1 amide bonds. The molecule has 4 saturated heterocycles. The predicted octanol–water partition coefficient (Wildman–Crippen LogP) is 6.55. The first-order valence-electron chi connectivity index (χ1n) is 27.9. The van der Waals surface area contributed by atoms with Crippen LogP contribution in [0.1, 0.15) is 96.1 Å². The molecule has 4 atom stereocenters. The molecule has 2 N–H and O–H groups in total. The molecular formula is C58H73N17O3. The number of rotatable bonds is 15. The summed E-state index contributed by atoms with van der Waals surface area (Å²) < 4.78 is 12.5. The fraction of sp³-hybridized carbons (Fsp3) is 0.534. The number of carbonyl (C=O) groups excluding carboxylic acids is 1. The average Bonchev–Trinajstić information content (AvgIpc) is 4.34. The standard InChI is InChI=1S/C30H37N9O2.C28H36N8O/c1-4-28(40)39-13-12-38(15-21(39)9-10-31)29-25-17-37(16-24-20(2)7-8-26-23(24)14-32-35-26)18-27(25)33-30(34-29)41-19-22-6-5-11-36(22)3;1-19-7-8-25-22(13-30-33-25)23(19)15-35-16-24-26(17-35)31-28(37-18-21-6-4-11-34(21)2)32-27(24)36-12-3-5-20(14-36)9-10-29/h4,7-8,14,21-22H,1,5-6,9,11-13,15-19H2,2-3H3,(H,32,35);7-8,13,20-21H,3-6,9,11-12,14-18H2,1-2H3,(H,30,33)/t21-,22-;20-,21-/m00/s1. The van der Waals surface area contributed by atoms with Crippen LogP contribution in [-0.4, -0.2) is 162 Å². The predicted molar refractivity (Wildman–Crippen MR) is 297 cm³/mol. The second kappa shape index (κ2) is 23.4. The highest BCUT2D eigenvalue weighted by atomic mass is 16.5. The van der Waals surface area contributed by atoms with E-state index >= 15 is 0 Å². The van der Waals surface area contributed by atoms with Crippen LogP contribution in [0.25, 0.3) is 21.8 Å². The van der Waals surface area contributed by atoms with Crippen LogP contribution >= 0.6 is 0 Å². The number of piperidine rings is 1. The molecule has 6 aliphatic heterocycles. The number of nitriles is 2. The number of hydrogen-bond acceptors (Lipinski definition) is 17. The van der Waals surface area contributed by atoms with E-state index in [9.17, 15) is 15.3 Å². The summed E-state index contributed by atoms with van der Waals surface area (Å²) in [6.45, 7) is 19.4. The molecule has 20 nitrogen and oxygen atoms in total. The van der Waals surface area contributed by atoms with Crippen molar-refractivity contribution in [1.29, 1.82) is 10.5 Å². The first-order chi connectivity index (χ1) is 38.0. The van der Waals surface area contributed by atoms with Gasteiger partial charge in [-0.3, -0.25) is 24.8 Å². The second-order valence-electron chi connectivity index (χ2n) is 22.4. The largest absolute Gasteiger partial charge is 0.462 e. The smallest absolute Gasteiger partial charge is 0.318 e. The minimum atomic E-state index is -0.236. The number of hydrogen-bond donors (Lipinski definition) is 2. The lowest BCUT2D eigenvalue weighted by Crippen LogP contribution is -2.55. The number of amides is 1. The van der Waals surface area contributed by atoms with E-state index in [2.05, 4.69) is 121 Å². The van der Waals surface area contributed by atoms with E-state index in [1.54, 1.807) is 4.90 Å². The van der Waals surface area contributed by atoms with Gasteiger partial charge in [-0.05, 0) is 126 Å². The van der Waals surface area contributed by atoms with Crippen molar-refractivity contribution in [2.75, 3.05) is 82.9 Å². The van der Waals surface area contributed by atoms with Crippen molar-refractivity contribution in [2.45, 2.75) is 123 Å². The molecule has 0 bridgehead atoms. The number of likely N-dealkylation sites (tertiary alicyclic amines) is 2. The molecule has 0 saturated carbocycles. The number of nitrogens with zero attached hydrogens (tertiary/aromatic N) is 15. The first kappa shape index (κ1) is 52.8. The van der Waals surface area contributed by atoms with E-state index in [1.165, 1.54) is 52.1 Å². The Hall–Kier alpha value is -7.23. The Morgan fingerprint density at radius 1 is 0.667 bits per heavy atom. The van der Waals surface area contributed by atoms with Crippen molar-refractivity contribution in [2.24, 2.45) is 5.92 Å². The monoisotopic (exact) mass is 1060 g/mol. The maximum atomic E-state index is 12.5. The number of aromatic nitrogens is 8. The summed E-state index contributed by atoms with van der Waals surface area (Å²) >= 11 is 0. The molecule has 4 fully saturated rings. The highest BCUT2D eigenvalue weighted by molar-refractivity contribution is 5.87. The van der Waals surface area contributed by atoms with Gasteiger partial charge in [0.2, 0.25) is 5.91 Å². The number of anilines is 2. The fourth-order valence-corrected chi connectivity index (χ4v) is 12.7. The zero-order valence-corrected chi connectivity index (χ0v) is 45.8. The number of likely N-dealkylation sites (N-methyl/N-ethyl adjacent to an activating group) is 2. The molecule has 408 valence electrons. The van der Waals surface area contributed by atoms with Crippen molar-refractivity contribution >= 4 is 39.3 Å². The number of aryl methyl sites for hydroxylation is 2. The third-order valence-electron chi connectivity index (χ3n) is 17.2. The van der Waals surface area contributed by atoms with Gasteiger partial charge in [0.25, 0.3) is 0 Å². The van der Waals surface area contributed by atoms with Gasteiger partial charge in [0.1, 0.15) is 24.8 Å². The van der Waals surface area contributed by atoms with E-state index < -0.39 is 0 Å². The molecule has 20 heteroatoms. The van der Waals surface area contributed by atoms with E-state index in [1.807, 2.05) is 12.4 Å². The third-order valence-corrected chi connectivity index (χ3v) is 17.2. The van der Waals surface area contributed by atoms with Crippen LogP contribution in [0.15, 0.2) is 49.3 Å². The van der Waals surface area contributed by atoms with Gasteiger partial charge < -0.3 is 34.0 Å². The van der Waals surface area contributed by atoms with Crippen LogP contribution < -0.4 is 19.3 Å². The highest BCUT2D eigenvalue weighted by Gasteiger charge is 2.36. The van der Waals surface area contributed by atoms with E-state index in [0.29, 0.717) is 82.4 Å². The van der Waals surface area contributed by atoms with Crippen LogP contribution in [0.2, 0.25) is 0 Å². The minimum absolute atomic E-state index is 0.141. The Balaban J connectivity index is 0.000000166. The van der Waals surface area contributed by atoms with Crippen LogP contribution in [0.4, 0.5) is 11.6 Å². The second-order valence-corrected chi connectivity index (χ2v) is 22.4. The van der Waals surface area contributed by atoms with Gasteiger partial charge in [0.15, 0.2) is 0 Å². The molecule has 0 spiro atoms. The number of H-pyrrole nitrogens is 2. The molecule has 6 aromatic rings. The first-order valence-corrected chi connectivity index (χ1v) is 27.9. The molecule has 6 aliphatic rings. The number of fused-ring (bicyclic) bond motifs is 4. The molecule has 2 aromatic carbocycles. The van der Waals surface area contributed by atoms with Crippen LogP contribution in [0.5, 0.6) is 12.0 Å². The van der Waals surface area contributed by atoms with Crippen molar-refractivity contribution in [3.05, 3.63) is 94.1 Å². The fourth-order valence-electron chi connectivity index (χ4n) is 12.7. The quantitative estimate of drug-likeness (QED) is 0.104. The van der Waals surface area contributed by atoms with E-state index in [4.69, 9.17) is 29.4 Å². The number of aromatic amines is 2. The van der Waals surface area contributed by atoms with Gasteiger partial charge in [0.05, 0.1) is 59.4 Å². The molecule has 0 aliphatic carbocycles. The van der Waals surface area contributed by atoms with Crippen LogP contribution in [0, 0.1) is 42.4 Å². The average molecular weight is 1060 g/mol. The minimum Gasteiger partial charge on any atom is -0.462 e. The summed E-state index contributed by atoms with van der Waals surface area (Å²) in [6.07, 6.45) is 12.8. The topological polar surface area (TPSA) is 215 Å². The van der Waals surface area contributed by atoms with Crippen molar-refractivity contribution < 1.29 is 14.3 Å². The normalized spacial score (nSPS) is 21.8. The molecule has 0 radical (unpaired) electrons. The van der Waals surface area contributed by atoms with E-state index in [0.717, 1.165) is 123 Å². The van der Waals surface area contributed by atoms with Gasteiger partial charge in [-0.2, -0.15) is 40.7 Å². The molecule has 0 unspecified atom stereocenters. The summed E-state index contributed by atoms with van der Waals surface area (Å²) in [5.74, 6) is 2.10. The SMILES string of the molecule is C=CC(=O)N1CCN(c2nc(OC[C@@H]3CCCN3C)nc3c2CN(Cc2c(C)ccc4[nH]ncc24)C3)C[C@@H]1CC#N.Cc1ccc2[nH]ncc2c1CN1Cc2nc(OC[C@@H]3CCCN3C)nc(N3CCC[C@@H](CC#N)C3)c2C1. The molecule has 12 rings (SSSR count). The Morgan fingerprint density at radius 3 is 1.69 bits per heavy atom. The Morgan fingerprint density at radius 2 is 1.19 bits per heavy atom. The molecule has 4 aromatic heterocycles. The number of nitrogens with one attached hydrogen (secondary N) is 2. The number of benzene rings is 2. The maximum Gasteiger partial charge on any atom is 0.318 e.